The zero-order valence-corrected chi connectivity index (χ0v) is 16.8. The molecule has 0 aromatic carbocycles. The molecule has 0 radical (unpaired) electrons. The molecule has 0 aliphatic carbocycles. The molecule has 8 nitrogen and oxygen atoms in total. The minimum Gasteiger partial charge on any atom is -0.466 e. The maximum absolute atomic E-state index is 12.8. The Kier molecular flexibility index (Phi) is 5.22. The van der Waals surface area contributed by atoms with Crippen LogP contribution < -0.4 is 0 Å². The molecule has 28 heavy (non-hydrogen) atoms. The first-order valence-corrected chi connectivity index (χ1v) is 8.96. The largest absolute Gasteiger partial charge is 0.466 e. The fourth-order valence-corrected chi connectivity index (χ4v) is 2.87. The Labute approximate surface area is 162 Å². The lowest BCUT2D eigenvalue weighted by atomic mass is 10.1. The van der Waals surface area contributed by atoms with Gasteiger partial charge in [-0.15, -0.1) is 0 Å². The Morgan fingerprint density at radius 3 is 2.54 bits per heavy atom. The fraction of sp³-hybridized carbons (Fsp3) is 0.400. The number of hydrogen-bond acceptors (Lipinski definition) is 7. The third kappa shape index (κ3) is 3.62. The predicted molar refractivity (Wildman–Crippen MR) is 102 cm³/mol. The third-order valence-electron chi connectivity index (χ3n) is 4.65. The van der Waals surface area contributed by atoms with Crippen molar-refractivity contribution in [3.05, 3.63) is 34.9 Å². The van der Waals surface area contributed by atoms with E-state index in [-0.39, 0.29) is 29.8 Å². The zero-order valence-electron chi connectivity index (χ0n) is 16.8. The van der Waals surface area contributed by atoms with Crippen LogP contribution >= 0.6 is 0 Å². The van der Waals surface area contributed by atoms with Crippen molar-refractivity contribution in [3.8, 4) is 11.3 Å². The van der Waals surface area contributed by atoms with Gasteiger partial charge >= 0.3 is 5.97 Å². The van der Waals surface area contributed by atoms with E-state index in [0.717, 1.165) is 11.3 Å². The first-order valence-electron chi connectivity index (χ1n) is 8.96. The summed E-state index contributed by atoms with van der Waals surface area (Å²) in [5.41, 5.74) is 2.25. The van der Waals surface area contributed by atoms with Crippen molar-refractivity contribution in [2.24, 2.45) is 0 Å². The van der Waals surface area contributed by atoms with Crippen LogP contribution in [0.5, 0.6) is 0 Å². The third-order valence-corrected chi connectivity index (χ3v) is 4.65. The lowest BCUT2D eigenvalue weighted by Gasteiger charge is -2.21. The van der Waals surface area contributed by atoms with E-state index in [1.807, 2.05) is 33.8 Å². The van der Waals surface area contributed by atoms with Crippen LogP contribution in [0.3, 0.4) is 0 Å². The number of aryl methyl sites for hydroxylation is 3. The molecule has 0 atom stereocenters. The highest BCUT2D eigenvalue weighted by Gasteiger charge is 2.23. The molecule has 0 N–H and O–H groups in total. The van der Waals surface area contributed by atoms with Crippen molar-refractivity contribution in [2.75, 3.05) is 13.7 Å². The number of esters is 1. The second-order valence-electron chi connectivity index (χ2n) is 7.00. The average molecular weight is 385 g/mol. The lowest BCUT2D eigenvalue weighted by molar-refractivity contribution is -0.134. The van der Waals surface area contributed by atoms with Gasteiger partial charge in [0, 0.05) is 18.7 Å². The Bertz CT molecular complexity index is 1050. The molecule has 0 aliphatic rings. The van der Waals surface area contributed by atoms with Crippen molar-refractivity contribution >= 4 is 23.0 Å². The van der Waals surface area contributed by atoms with Crippen LogP contribution in [0, 0.1) is 20.8 Å². The highest BCUT2D eigenvalue weighted by molar-refractivity contribution is 6.04. The average Bonchev–Trinajstić information content (AvgIpc) is 3.19. The second kappa shape index (κ2) is 7.46. The van der Waals surface area contributed by atoms with Crippen LogP contribution in [-0.2, 0) is 9.53 Å². The topological polar surface area (TPSA) is 98.7 Å². The summed E-state index contributed by atoms with van der Waals surface area (Å²) in [4.78, 5) is 30.9. The molecule has 3 aromatic rings. The zero-order chi connectivity index (χ0) is 20.6. The molecule has 0 fully saturated rings. The molecule has 0 spiro atoms. The molecule has 3 rings (SSSR count). The molecule has 148 valence electrons. The minimum atomic E-state index is -0.636. The monoisotopic (exact) mass is 385 g/mol. The maximum Gasteiger partial charge on any atom is 0.339 e. The van der Waals surface area contributed by atoms with Crippen LogP contribution in [0.25, 0.3) is 22.4 Å². The molecule has 8 heteroatoms. The number of ether oxygens (including phenoxy) is 1. The molecule has 3 heterocycles. The SMILES string of the molecule is Cc1cc(-c2cc(C(=O)OCC(=O)N(C)C(C)C)c3c(C)noc3n2)c(C)o1. The van der Waals surface area contributed by atoms with Gasteiger partial charge in [0.05, 0.1) is 22.3 Å². The van der Waals surface area contributed by atoms with Gasteiger partial charge in [-0.25, -0.2) is 9.78 Å². The summed E-state index contributed by atoms with van der Waals surface area (Å²) in [6, 6.07) is 3.46. The standard InChI is InChI=1S/C20H23N3O5/c1-10(2)23(6)17(24)9-26-20(25)15-8-16(14-7-11(3)27-13(14)5)21-19-18(15)12(4)22-28-19/h7-8,10H,9H2,1-6H3. The van der Waals surface area contributed by atoms with Crippen molar-refractivity contribution in [3.63, 3.8) is 0 Å². The van der Waals surface area contributed by atoms with E-state index in [9.17, 15) is 9.59 Å². The number of furan rings is 1. The van der Waals surface area contributed by atoms with Gasteiger partial charge in [-0.1, -0.05) is 5.16 Å². The van der Waals surface area contributed by atoms with Gasteiger partial charge in [0.1, 0.15) is 11.5 Å². The molecule has 3 aromatic heterocycles. The van der Waals surface area contributed by atoms with E-state index >= 15 is 0 Å². The summed E-state index contributed by atoms with van der Waals surface area (Å²) in [6.45, 7) is 8.79. The lowest BCUT2D eigenvalue weighted by Crippen LogP contribution is -2.36. The summed E-state index contributed by atoms with van der Waals surface area (Å²) in [7, 11) is 1.66. The van der Waals surface area contributed by atoms with Crippen LogP contribution in [-0.4, -0.2) is 46.6 Å². The maximum atomic E-state index is 12.8. The van der Waals surface area contributed by atoms with Gasteiger partial charge in [-0.3, -0.25) is 4.79 Å². The number of fused-ring (bicyclic) bond motifs is 1. The second-order valence-corrected chi connectivity index (χ2v) is 7.00. The van der Waals surface area contributed by atoms with Gasteiger partial charge in [-0.05, 0) is 46.8 Å². The Balaban J connectivity index is 1.97. The van der Waals surface area contributed by atoms with Gasteiger partial charge in [0.15, 0.2) is 6.61 Å². The molecular weight excluding hydrogens is 362 g/mol. The highest BCUT2D eigenvalue weighted by atomic mass is 16.5. The van der Waals surface area contributed by atoms with E-state index in [0.29, 0.717) is 22.5 Å². The van der Waals surface area contributed by atoms with Gasteiger partial charge in [0.2, 0.25) is 0 Å². The van der Waals surface area contributed by atoms with E-state index in [4.69, 9.17) is 13.7 Å². The van der Waals surface area contributed by atoms with E-state index in [1.54, 1.807) is 20.0 Å². The normalized spacial score (nSPS) is 11.2. The number of carbonyl (C=O) groups excluding carboxylic acids is 2. The van der Waals surface area contributed by atoms with Crippen molar-refractivity contribution in [2.45, 2.75) is 40.7 Å². The number of carbonyl (C=O) groups is 2. The van der Waals surface area contributed by atoms with Gasteiger partial charge in [0.25, 0.3) is 11.6 Å². The first-order chi connectivity index (χ1) is 13.2. The Morgan fingerprint density at radius 1 is 1.21 bits per heavy atom. The summed E-state index contributed by atoms with van der Waals surface area (Å²) in [6.07, 6.45) is 0. The summed E-state index contributed by atoms with van der Waals surface area (Å²) >= 11 is 0. The molecular formula is C20H23N3O5. The molecule has 1 amide bonds. The Morgan fingerprint density at radius 2 is 1.93 bits per heavy atom. The number of amides is 1. The summed E-state index contributed by atoms with van der Waals surface area (Å²) in [5.74, 6) is 0.490. The number of pyridine rings is 1. The number of aromatic nitrogens is 2. The van der Waals surface area contributed by atoms with E-state index in [2.05, 4.69) is 10.1 Å². The summed E-state index contributed by atoms with van der Waals surface area (Å²) in [5, 5.41) is 4.37. The molecule has 0 aliphatic heterocycles. The van der Waals surface area contributed by atoms with Crippen LogP contribution in [0.2, 0.25) is 0 Å². The van der Waals surface area contributed by atoms with E-state index in [1.165, 1.54) is 4.90 Å². The van der Waals surface area contributed by atoms with Crippen molar-refractivity contribution < 1.29 is 23.3 Å². The van der Waals surface area contributed by atoms with Crippen molar-refractivity contribution in [1.29, 1.82) is 0 Å². The number of likely N-dealkylation sites (N-methyl/N-ethyl adjacent to an activating group) is 1. The fourth-order valence-electron chi connectivity index (χ4n) is 2.87. The van der Waals surface area contributed by atoms with Crippen molar-refractivity contribution in [1.82, 2.24) is 15.0 Å². The molecule has 0 saturated heterocycles. The molecule has 0 bridgehead atoms. The molecule has 0 saturated carbocycles. The minimum absolute atomic E-state index is 0.0121. The Hall–Kier alpha value is -3.16. The van der Waals surface area contributed by atoms with Gasteiger partial charge < -0.3 is 18.6 Å². The highest BCUT2D eigenvalue weighted by Crippen LogP contribution is 2.30. The van der Waals surface area contributed by atoms with Crippen LogP contribution in [0.1, 0.15) is 41.4 Å². The quantitative estimate of drug-likeness (QED) is 0.620. The predicted octanol–water partition coefficient (Wildman–Crippen LogP) is 3.43. The molecule has 0 unspecified atom stereocenters. The van der Waals surface area contributed by atoms with Crippen LogP contribution in [0.15, 0.2) is 21.1 Å². The smallest absolute Gasteiger partial charge is 0.339 e. The first kappa shape index (κ1) is 19.6. The van der Waals surface area contributed by atoms with E-state index < -0.39 is 5.97 Å². The summed E-state index contributed by atoms with van der Waals surface area (Å²) < 4.78 is 16.1. The number of nitrogens with zero attached hydrogens (tertiary/aromatic N) is 3. The van der Waals surface area contributed by atoms with Crippen LogP contribution in [0.4, 0.5) is 0 Å². The number of hydrogen-bond donors (Lipinski definition) is 0. The van der Waals surface area contributed by atoms with Gasteiger partial charge in [-0.2, -0.15) is 0 Å². The number of rotatable bonds is 5.